The Bertz CT molecular complexity index is 1490. The highest BCUT2D eigenvalue weighted by atomic mass is 32.2. The lowest BCUT2D eigenvalue weighted by atomic mass is 10.2. The van der Waals surface area contributed by atoms with E-state index in [1.807, 2.05) is 13.0 Å². The summed E-state index contributed by atoms with van der Waals surface area (Å²) in [6.45, 7) is 4.52. The van der Waals surface area contributed by atoms with E-state index in [1.54, 1.807) is 47.9 Å². The monoisotopic (exact) mass is 497 g/mol. The third-order valence-electron chi connectivity index (χ3n) is 5.32. The molecule has 0 fully saturated rings. The summed E-state index contributed by atoms with van der Waals surface area (Å²) in [6.07, 6.45) is 0.753. The Hall–Kier alpha value is -3.30. The van der Waals surface area contributed by atoms with E-state index in [9.17, 15) is 17.6 Å². The van der Waals surface area contributed by atoms with Crippen LogP contribution in [0.3, 0.4) is 0 Å². The summed E-state index contributed by atoms with van der Waals surface area (Å²) in [7, 11) is -3.79. The molecule has 1 heterocycles. The number of fused-ring (bicyclic) bond motifs is 1. The Morgan fingerprint density at radius 3 is 2.35 bits per heavy atom. The SMILES string of the molecule is CCCn1c(=NC(=O)c2ccc(S(=O)(=O)N(CC)c3ccccc3)cc2)sc2cccc(F)c21. The number of nitrogens with zero attached hydrogens (tertiary/aromatic N) is 3. The van der Waals surface area contributed by atoms with E-state index in [4.69, 9.17) is 0 Å². The first-order chi connectivity index (χ1) is 16.4. The average molecular weight is 498 g/mol. The van der Waals surface area contributed by atoms with Gasteiger partial charge in [-0.3, -0.25) is 9.10 Å². The Balaban J connectivity index is 1.68. The molecule has 1 amide bonds. The largest absolute Gasteiger partial charge is 0.314 e. The number of hydrogen-bond acceptors (Lipinski definition) is 4. The third kappa shape index (κ3) is 4.53. The van der Waals surface area contributed by atoms with Gasteiger partial charge in [0.15, 0.2) is 4.80 Å². The van der Waals surface area contributed by atoms with E-state index in [0.717, 1.165) is 6.42 Å². The van der Waals surface area contributed by atoms with Gasteiger partial charge in [0.05, 0.1) is 20.8 Å². The molecule has 176 valence electrons. The number of para-hydroxylation sites is 2. The molecule has 0 saturated carbocycles. The van der Waals surface area contributed by atoms with Crippen LogP contribution in [0.4, 0.5) is 10.1 Å². The first-order valence-electron chi connectivity index (χ1n) is 10.9. The van der Waals surface area contributed by atoms with E-state index in [0.29, 0.717) is 27.3 Å². The van der Waals surface area contributed by atoms with Crippen molar-refractivity contribution in [1.82, 2.24) is 4.57 Å². The fourth-order valence-electron chi connectivity index (χ4n) is 3.74. The van der Waals surface area contributed by atoms with Crippen LogP contribution in [0.5, 0.6) is 0 Å². The predicted molar refractivity (Wildman–Crippen MR) is 133 cm³/mol. The highest BCUT2D eigenvalue weighted by Gasteiger charge is 2.23. The summed E-state index contributed by atoms with van der Waals surface area (Å²) in [4.78, 5) is 17.6. The molecule has 0 saturated heterocycles. The lowest BCUT2D eigenvalue weighted by Crippen LogP contribution is -2.30. The molecule has 4 rings (SSSR count). The molecule has 0 bridgehead atoms. The minimum absolute atomic E-state index is 0.0831. The zero-order valence-electron chi connectivity index (χ0n) is 18.8. The number of aromatic nitrogens is 1. The summed E-state index contributed by atoms with van der Waals surface area (Å²) < 4.78 is 44.5. The van der Waals surface area contributed by atoms with Crippen molar-refractivity contribution in [2.45, 2.75) is 31.7 Å². The number of thiazole rings is 1. The maximum Gasteiger partial charge on any atom is 0.279 e. The van der Waals surface area contributed by atoms with Crippen LogP contribution in [0.15, 0.2) is 82.7 Å². The smallest absolute Gasteiger partial charge is 0.279 e. The van der Waals surface area contributed by atoms with Crippen LogP contribution in [-0.4, -0.2) is 25.4 Å². The summed E-state index contributed by atoms with van der Waals surface area (Å²) in [6, 6.07) is 19.4. The minimum atomic E-state index is -3.79. The molecule has 0 N–H and O–H groups in total. The molecule has 6 nitrogen and oxygen atoms in total. The van der Waals surface area contributed by atoms with Crippen molar-refractivity contribution in [1.29, 1.82) is 0 Å². The fraction of sp³-hybridized carbons (Fsp3) is 0.200. The number of hydrogen-bond donors (Lipinski definition) is 0. The van der Waals surface area contributed by atoms with Gasteiger partial charge in [-0.25, -0.2) is 12.8 Å². The van der Waals surface area contributed by atoms with Crippen LogP contribution in [-0.2, 0) is 16.6 Å². The van der Waals surface area contributed by atoms with Gasteiger partial charge in [-0.05, 0) is 61.9 Å². The van der Waals surface area contributed by atoms with Gasteiger partial charge in [-0.1, -0.05) is 42.5 Å². The van der Waals surface area contributed by atoms with Crippen LogP contribution in [0, 0.1) is 5.82 Å². The van der Waals surface area contributed by atoms with Crippen molar-refractivity contribution in [3.05, 3.63) is 89.0 Å². The second-order valence-electron chi connectivity index (χ2n) is 7.57. The molecule has 4 aromatic rings. The highest BCUT2D eigenvalue weighted by molar-refractivity contribution is 7.92. The van der Waals surface area contributed by atoms with Crippen molar-refractivity contribution in [2.24, 2.45) is 4.99 Å². The van der Waals surface area contributed by atoms with Crippen molar-refractivity contribution in [2.75, 3.05) is 10.8 Å². The van der Waals surface area contributed by atoms with Gasteiger partial charge in [0.2, 0.25) is 0 Å². The average Bonchev–Trinajstić information content (AvgIpc) is 3.18. The van der Waals surface area contributed by atoms with Crippen molar-refractivity contribution in [3.8, 4) is 0 Å². The number of amides is 1. The fourth-order valence-corrected chi connectivity index (χ4v) is 6.28. The standard InChI is InChI=1S/C25H24FN3O3S2/c1-3-17-28-23-21(26)11-8-12-22(23)33-25(28)27-24(30)18-13-15-20(16-14-18)34(31,32)29(4-2)19-9-6-5-7-10-19/h5-16H,3-4,17H2,1-2H3. The minimum Gasteiger partial charge on any atom is -0.314 e. The molecule has 0 radical (unpaired) electrons. The van der Waals surface area contributed by atoms with Gasteiger partial charge in [0, 0.05) is 18.7 Å². The summed E-state index contributed by atoms with van der Waals surface area (Å²) >= 11 is 1.25. The molecule has 0 unspecified atom stereocenters. The first-order valence-corrected chi connectivity index (χ1v) is 13.2. The molecular weight excluding hydrogens is 473 g/mol. The molecule has 0 atom stereocenters. The number of sulfonamides is 1. The second kappa shape index (κ2) is 9.90. The van der Waals surface area contributed by atoms with Crippen LogP contribution in [0.25, 0.3) is 10.2 Å². The Morgan fingerprint density at radius 1 is 1.00 bits per heavy atom. The highest BCUT2D eigenvalue weighted by Crippen LogP contribution is 2.24. The van der Waals surface area contributed by atoms with E-state index < -0.39 is 15.9 Å². The second-order valence-corrected chi connectivity index (χ2v) is 10.4. The summed E-state index contributed by atoms with van der Waals surface area (Å²) in [5.74, 6) is -0.874. The van der Waals surface area contributed by atoms with Gasteiger partial charge in [-0.2, -0.15) is 4.99 Å². The number of anilines is 1. The lowest BCUT2D eigenvalue weighted by molar-refractivity contribution is 0.0997. The van der Waals surface area contributed by atoms with Gasteiger partial charge in [0.1, 0.15) is 5.82 Å². The predicted octanol–water partition coefficient (Wildman–Crippen LogP) is 5.21. The number of aryl methyl sites for hydroxylation is 1. The molecule has 0 aliphatic rings. The maximum absolute atomic E-state index is 14.4. The first kappa shape index (κ1) is 23.8. The van der Waals surface area contributed by atoms with Gasteiger partial charge in [0.25, 0.3) is 15.9 Å². The zero-order chi connectivity index (χ0) is 24.3. The van der Waals surface area contributed by atoms with Crippen LogP contribution in [0.1, 0.15) is 30.6 Å². The normalized spacial score (nSPS) is 12.3. The lowest BCUT2D eigenvalue weighted by Gasteiger charge is -2.22. The molecule has 0 aliphatic carbocycles. The number of carbonyl (C=O) groups is 1. The number of benzene rings is 3. The molecule has 0 aliphatic heterocycles. The zero-order valence-corrected chi connectivity index (χ0v) is 20.4. The Labute approximate surface area is 201 Å². The quantitative estimate of drug-likeness (QED) is 0.352. The Morgan fingerprint density at radius 2 is 1.71 bits per heavy atom. The third-order valence-corrected chi connectivity index (χ3v) is 8.28. The molecule has 1 aromatic heterocycles. The molecular formula is C25H24FN3O3S2. The van der Waals surface area contributed by atoms with Gasteiger partial charge < -0.3 is 4.57 Å². The van der Waals surface area contributed by atoms with E-state index in [1.165, 1.54) is 46.0 Å². The Kier molecular flexibility index (Phi) is 6.95. The van der Waals surface area contributed by atoms with E-state index >= 15 is 0 Å². The number of rotatable bonds is 7. The molecule has 9 heteroatoms. The summed E-state index contributed by atoms with van der Waals surface area (Å²) in [5, 5.41) is 0. The molecule has 3 aromatic carbocycles. The van der Waals surface area contributed by atoms with Crippen LogP contribution >= 0.6 is 11.3 Å². The number of halogens is 1. The maximum atomic E-state index is 14.4. The molecule has 0 spiro atoms. The summed E-state index contributed by atoms with van der Waals surface area (Å²) in [5.41, 5.74) is 1.25. The van der Waals surface area contributed by atoms with E-state index in [2.05, 4.69) is 4.99 Å². The van der Waals surface area contributed by atoms with Gasteiger partial charge in [-0.15, -0.1) is 0 Å². The van der Waals surface area contributed by atoms with Crippen LogP contribution < -0.4 is 9.11 Å². The van der Waals surface area contributed by atoms with Gasteiger partial charge >= 0.3 is 0 Å². The van der Waals surface area contributed by atoms with Crippen LogP contribution in [0.2, 0.25) is 0 Å². The van der Waals surface area contributed by atoms with Crippen molar-refractivity contribution < 1.29 is 17.6 Å². The number of carbonyl (C=O) groups excluding carboxylic acids is 1. The van der Waals surface area contributed by atoms with Crippen molar-refractivity contribution in [3.63, 3.8) is 0 Å². The topological polar surface area (TPSA) is 71.7 Å². The van der Waals surface area contributed by atoms with E-state index in [-0.39, 0.29) is 22.8 Å². The van der Waals surface area contributed by atoms with Crippen molar-refractivity contribution >= 4 is 43.2 Å². The molecule has 34 heavy (non-hydrogen) atoms.